The van der Waals surface area contributed by atoms with E-state index in [1.807, 2.05) is 44.4 Å². The van der Waals surface area contributed by atoms with Gasteiger partial charge in [-0.1, -0.05) is 55.8 Å². The quantitative estimate of drug-likeness (QED) is 0.645. The topological polar surface area (TPSA) is 17.8 Å². The van der Waals surface area contributed by atoms with Crippen LogP contribution in [0.1, 0.15) is 19.4 Å². The molecule has 3 rings (SSSR count). The van der Waals surface area contributed by atoms with E-state index >= 15 is 0 Å². The molecule has 0 N–H and O–H groups in total. The van der Waals surface area contributed by atoms with Crippen LogP contribution in [0.3, 0.4) is 0 Å². The van der Waals surface area contributed by atoms with E-state index in [0.717, 1.165) is 17.1 Å². The zero-order valence-corrected chi connectivity index (χ0v) is 12.2. The van der Waals surface area contributed by atoms with Gasteiger partial charge in [0.2, 0.25) is 0 Å². The lowest BCUT2D eigenvalue weighted by atomic mass is 10.1. The number of para-hydroxylation sites is 1. The fraction of sp³-hybridized carbons (Fsp3) is 0.167. The Morgan fingerprint density at radius 3 is 2.35 bits per heavy atom. The van der Waals surface area contributed by atoms with E-state index in [2.05, 4.69) is 52.9 Å². The van der Waals surface area contributed by atoms with E-state index in [1.54, 1.807) is 0 Å². The summed E-state index contributed by atoms with van der Waals surface area (Å²) in [6.45, 7) is 6.10. The molecule has 0 amide bonds. The van der Waals surface area contributed by atoms with Crippen LogP contribution in [-0.2, 0) is 0 Å². The minimum Gasteiger partial charge on any atom is -0.300 e. The van der Waals surface area contributed by atoms with Crippen molar-refractivity contribution in [1.82, 2.24) is 9.55 Å². The maximum Gasteiger partial charge on any atom is 0.144 e. The fourth-order valence-electron chi connectivity index (χ4n) is 2.10. The molecule has 102 valence electrons. The number of aromatic nitrogens is 2. The lowest BCUT2D eigenvalue weighted by Gasteiger charge is -2.08. The first-order valence-corrected chi connectivity index (χ1v) is 7.00. The summed E-state index contributed by atoms with van der Waals surface area (Å²) < 4.78 is 2.11. The third kappa shape index (κ3) is 2.97. The van der Waals surface area contributed by atoms with Crippen molar-refractivity contribution in [3.8, 4) is 17.1 Å². The van der Waals surface area contributed by atoms with Gasteiger partial charge in [0.25, 0.3) is 0 Å². The van der Waals surface area contributed by atoms with Gasteiger partial charge in [-0.2, -0.15) is 0 Å². The van der Waals surface area contributed by atoms with E-state index < -0.39 is 0 Å². The molecule has 0 radical (unpaired) electrons. The van der Waals surface area contributed by atoms with Crippen LogP contribution in [0.15, 0.2) is 67.0 Å². The Bertz CT molecular complexity index is 654. The van der Waals surface area contributed by atoms with Gasteiger partial charge in [0.15, 0.2) is 0 Å². The number of imidazole rings is 1. The summed E-state index contributed by atoms with van der Waals surface area (Å²) in [7, 11) is 0. The van der Waals surface area contributed by atoms with Crippen molar-refractivity contribution in [1.29, 1.82) is 0 Å². The Morgan fingerprint density at radius 2 is 1.65 bits per heavy atom. The Balaban J connectivity index is 0.000000704. The molecule has 0 bridgehead atoms. The predicted molar refractivity (Wildman–Crippen MR) is 85.1 cm³/mol. The summed E-state index contributed by atoms with van der Waals surface area (Å²) in [5.41, 5.74) is 3.52. The van der Waals surface area contributed by atoms with Gasteiger partial charge in [0.05, 0.1) is 0 Å². The Labute approximate surface area is 120 Å². The Kier molecular flexibility index (Phi) is 4.72. The zero-order chi connectivity index (χ0) is 14.4. The SMILES string of the molecule is CC.Cc1cccc(-c2nccn2-c2ccccc2)c1. The van der Waals surface area contributed by atoms with Crippen LogP contribution < -0.4 is 0 Å². The van der Waals surface area contributed by atoms with Gasteiger partial charge in [0.1, 0.15) is 5.82 Å². The molecule has 0 spiro atoms. The van der Waals surface area contributed by atoms with Crippen molar-refractivity contribution in [2.24, 2.45) is 0 Å². The molecule has 0 saturated heterocycles. The molecular weight excluding hydrogens is 244 g/mol. The van der Waals surface area contributed by atoms with Crippen LogP contribution in [0.2, 0.25) is 0 Å². The Hall–Kier alpha value is -2.35. The molecule has 0 atom stereocenters. The highest BCUT2D eigenvalue weighted by molar-refractivity contribution is 5.59. The van der Waals surface area contributed by atoms with Gasteiger partial charge in [-0.05, 0) is 25.1 Å². The largest absolute Gasteiger partial charge is 0.300 e. The zero-order valence-electron chi connectivity index (χ0n) is 12.2. The van der Waals surface area contributed by atoms with E-state index in [0.29, 0.717) is 0 Å². The third-order valence-electron chi connectivity index (χ3n) is 2.95. The van der Waals surface area contributed by atoms with Gasteiger partial charge in [-0.3, -0.25) is 4.57 Å². The van der Waals surface area contributed by atoms with E-state index in [9.17, 15) is 0 Å². The second-order valence-corrected chi connectivity index (χ2v) is 4.33. The molecule has 1 heterocycles. The van der Waals surface area contributed by atoms with Gasteiger partial charge in [-0.25, -0.2) is 4.98 Å². The molecule has 0 aliphatic carbocycles. The number of hydrogen-bond donors (Lipinski definition) is 0. The van der Waals surface area contributed by atoms with Crippen LogP contribution in [0.4, 0.5) is 0 Å². The monoisotopic (exact) mass is 264 g/mol. The van der Waals surface area contributed by atoms with Gasteiger partial charge < -0.3 is 0 Å². The minimum atomic E-state index is 0.977. The van der Waals surface area contributed by atoms with Crippen molar-refractivity contribution in [2.75, 3.05) is 0 Å². The second-order valence-electron chi connectivity index (χ2n) is 4.33. The van der Waals surface area contributed by atoms with Crippen LogP contribution in [0.25, 0.3) is 17.1 Å². The first kappa shape index (κ1) is 14.1. The summed E-state index contributed by atoms with van der Waals surface area (Å²) in [5, 5.41) is 0. The minimum absolute atomic E-state index is 0.977. The van der Waals surface area contributed by atoms with Gasteiger partial charge in [0, 0.05) is 23.6 Å². The van der Waals surface area contributed by atoms with Gasteiger partial charge >= 0.3 is 0 Å². The average Bonchev–Trinajstić information content (AvgIpc) is 3.00. The molecule has 0 unspecified atom stereocenters. The maximum absolute atomic E-state index is 4.47. The summed E-state index contributed by atoms with van der Waals surface area (Å²) in [5.74, 6) is 0.977. The van der Waals surface area contributed by atoms with Crippen molar-refractivity contribution in [3.05, 3.63) is 72.6 Å². The molecule has 0 aliphatic rings. The summed E-state index contributed by atoms with van der Waals surface area (Å²) >= 11 is 0. The lowest BCUT2D eigenvalue weighted by molar-refractivity contribution is 1.07. The molecule has 2 heteroatoms. The van der Waals surface area contributed by atoms with E-state index in [-0.39, 0.29) is 0 Å². The van der Waals surface area contributed by atoms with Crippen molar-refractivity contribution < 1.29 is 0 Å². The third-order valence-corrected chi connectivity index (χ3v) is 2.95. The number of aryl methyl sites for hydroxylation is 1. The van der Waals surface area contributed by atoms with Crippen LogP contribution in [0, 0.1) is 6.92 Å². The average molecular weight is 264 g/mol. The van der Waals surface area contributed by atoms with Crippen molar-refractivity contribution in [2.45, 2.75) is 20.8 Å². The number of nitrogens with zero attached hydrogens (tertiary/aromatic N) is 2. The molecule has 2 nitrogen and oxygen atoms in total. The molecule has 3 aromatic rings. The fourth-order valence-corrected chi connectivity index (χ4v) is 2.10. The summed E-state index contributed by atoms with van der Waals surface area (Å²) in [6.07, 6.45) is 3.83. The summed E-state index contributed by atoms with van der Waals surface area (Å²) in [4.78, 5) is 4.47. The standard InChI is InChI=1S/C16H14N2.C2H6/c1-13-6-5-7-14(12-13)16-17-10-11-18(16)15-8-3-2-4-9-15;1-2/h2-12H,1H3;1-2H3. The lowest BCUT2D eigenvalue weighted by Crippen LogP contribution is -1.95. The highest BCUT2D eigenvalue weighted by Crippen LogP contribution is 2.21. The molecule has 1 aromatic heterocycles. The molecular formula is C18H20N2. The highest BCUT2D eigenvalue weighted by Gasteiger charge is 2.06. The second kappa shape index (κ2) is 6.71. The van der Waals surface area contributed by atoms with Crippen molar-refractivity contribution >= 4 is 0 Å². The van der Waals surface area contributed by atoms with E-state index in [1.165, 1.54) is 5.56 Å². The first-order valence-electron chi connectivity index (χ1n) is 7.00. The van der Waals surface area contributed by atoms with E-state index in [4.69, 9.17) is 0 Å². The van der Waals surface area contributed by atoms with Gasteiger partial charge in [-0.15, -0.1) is 0 Å². The first-order chi connectivity index (χ1) is 9.84. The number of rotatable bonds is 2. The smallest absolute Gasteiger partial charge is 0.144 e. The number of benzene rings is 2. The van der Waals surface area contributed by atoms with Crippen LogP contribution in [0.5, 0.6) is 0 Å². The maximum atomic E-state index is 4.47. The summed E-state index contributed by atoms with van der Waals surface area (Å²) in [6, 6.07) is 18.7. The predicted octanol–water partition coefficient (Wildman–Crippen LogP) is 4.87. The molecule has 0 aliphatic heterocycles. The van der Waals surface area contributed by atoms with Crippen molar-refractivity contribution in [3.63, 3.8) is 0 Å². The highest BCUT2D eigenvalue weighted by atomic mass is 15.1. The van der Waals surface area contributed by atoms with Crippen LogP contribution in [-0.4, -0.2) is 9.55 Å². The molecule has 20 heavy (non-hydrogen) atoms. The molecule has 2 aromatic carbocycles. The Morgan fingerprint density at radius 1 is 0.900 bits per heavy atom. The number of hydrogen-bond acceptors (Lipinski definition) is 1. The van der Waals surface area contributed by atoms with Crippen LogP contribution >= 0.6 is 0 Å². The molecule has 0 fully saturated rings. The molecule has 0 saturated carbocycles. The normalized spacial score (nSPS) is 9.75.